The van der Waals surface area contributed by atoms with Gasteiger partial charge in [-0.2, -0.15) is 0 Å². The van der Waals surface area contributed by atoms with Crippen molar-refractivity contribution < 1.29 is 14.5 Å². The lowest BCUT2D eigenvalue weighted by Crippen LogP contribution is -3.15. The van der Waals surface area contributed by atoms with Gasteiger partial charge in [0.15, 0.2) is 6.54 Å². The summed E-state index contributed by atoms with van der Waals surface area (Å²) in [7, 11) is 0. The lowest BCUT2D eigenvalue weighted by Gasteiger charge is -2.36. The molecule has 0 unspecified atom stereocenters. The second-order valence-corrected chi connectivity index (χ2v) is 7.50. The van der Waals surface area contributed by atoms with Crippen LogP contribution in [0.3, 0.4) is 0 Å². The number of amides is 2. The Labute approximate surface area is 170 Å². The molecule has 152 valence electrons. The van der Waals surface area contributed by atoms with Crippen molar-refractivity contribution in [3.05, 3.63) is 54.4 Å². The lowest BCUT2D eigenvalue weighted by molar-refractivity contribution is -0.896. The molecule has 0 spiro atoms. The molecule has 2 saturated heterocycles. The molecular weight excluding hydrogens is 368 g/mol. The molecule has 1 N–H and O–H groups in total. The summed E-state index contributed by atoms with van der Waals surface area (Å²) < 4.78 is 0. The number of hydrogen-bond donors (Lipinski definition) is 1. The SMILES string of the molecule is O=C(C[NH+]1CCN(C(=O)c2ccccc2)CC1)N1CCN(c2ncccn2)CC1. The Balaban J connectivity index is 1.22. The third-order valence-corrected chi connectivity index (χ3v) is 5.65. The highest BCUT2D eigenvalue weighted by Crippen LogP contribution is 2.09. The van der Waals surface area contributed by atoms with E-state index in [2.05, 4.69) is 14.9 Å². The van der Waals surface area contributed by atoms with Gasteiger partial charge in [0.25, 0.3) is 11.8 Å². The van der Waals surface area contributed by atoms with Gasteiger partial charge in [-0.25, -0.2) is 9.97 Å². The van der Waals surface area contributed by atoms with Gasteiger partial charge in [0.1, 0.15) is 0 Å². The van der Waals surface area contributed by atoms with Crippen molar-refractivity contribution in [3.8, 4) is 0 Å². The van der Waals surface area contributed by atoms with Crippen LogP contribution >= 0.6 is 0 Å². The molecule has 3 heterocycles. The summed E-state index contributed by atoms with van der Waals surface area (Å²) >= 11 is 0. The van der Waals surface area contributed by atoms with Crippen LogP contribution in [0.1, 0.15) is 10.4 Å². The summed E-state index contributed by atoms with van der Waals surface area (Å²) in [5.74, 6) is 0.996. The van der Waals surface area contributed by atoms with Gasteiger partial charge in [0.2, 0.25) is 5.95 Å². The van der Waals surface area contributed by atoms with Crippen molar-refractivity contribution in [2.75, 3.05) is 63.8 Å². The van der Waals surface area contributed by atoms with E-state index >= 15 is 0 Å². The number of benzene rings is 1. The summed E-state index contributed by atoms with van der Waals surface area (Å²) in [5.41, 5.74) is 0.729. The highest BCUT2D eigenvalue weighted by atomic mass is 16.2. The van der Waals surface area contributed by atoms with E-state index in [1.165, 1.54) is 4.90 Å². The number of rotatable bonds is 4. The number of piperazine rings is 2. The van der Waals surface area contributed by atoms with Crippen LogP contribution in [0, 0.1) is 0 Å². The van der Waals surface area contributed by atoms with Crippen LogP contribution in [0.25, 0.3) is 0 Å². The van der Waals surface area contributed by atoms with E-state index in [1.54, 1.807) is 18.5 Å². The number of nitrogens with zero attached hydrogens (tertiary/aromatic N) is 5. The minimum Gasteiger partial charge on any atom is -0.337 e. The van der Waals surface area contributed by atoms with E-state index in [0.717, 1.165) is 37.7 Å². The Kier molecular flexibility index (Phi) is 6.00. The van der Waals surface area contributed by atoms with E-state index in [1.807, 2.05) is 40.1 Å². The number of hydrogen-bond acceptors (Lipinski definition) is 5. The molecule has 0 saturated carbocycles. The molecule has 2 fully saturated rings. The van der Waals surface area contributed by atoms with Crippen molar-refractivity contribution >= 4 is 17.8 Å². The molecule has 2 aromatic rings. The van der Waals surface area contributed by atoms with Gasteiger partial charge in [0.05, 0.1) is 26.2 Å². The van der Waals surface area contributed by atoms with E-state index < -0.39 is 0 Å². The zero-order valence-electron chi connectivity index (χ0n) is 16.5. The van der Waals surface area contributed by atoms with Crippen LogP contribution in [-0.2, 0) is 4.79 Å². The standard InChI is InChI=1S/C21H26N6O2/c28-19(25-13-15-27(16-14-25)21-22-7-4-8-23-21)17-24-9-11-26(12-10-24)20(29)18-5-2-1-3-6-18/h1-8H,9-17H2/p+1. The van der Waals surface area contributed by atoms with Crippen molar-refractivity contribution in [1.82, 2.24) is 19.8 Å². The minimum atomic E-state index is 0.0789. The van der Waals surface area contributed by atoms with Crippen LogP contribution in [0.4, 0.5) is 5.95 Å². The molecule has 8 heteroatoms. The van der Waals surface area contributed by atoms with Gasteiger partial charge < -0.3 is 19.6 Å². The van der Waals surface area contributed by atoms with Gasteiger partial charge in [0, 0.05) is 44.1 Å². The molecule has 0 atom stereocenters. The molecule has 0 aliphatic carbocycles. The molecule has 2 amide bonds. The first-order valence-electron chi connectivity index (χ1n) is 10.2. The fourth-order valence-corrected chi connectivity index (χ4v) is 3.90. The molecule has 1 aromatic heterocycles. The van der Waals surface area contributed by atoms with Gasteiger partial charge in [-0.3, -0.25) is 9.59 Å². The van der Waals surface area contributed by atoms with Crippen molar-refractivity contribution in [1.29, 1.82) is 0 Å². The third kappa shape index (κ3) is 4.71. The average molecular weight is 395 g/mol. The number of carbonyl (C=O) groups excluding carboxylic acids is 2. The predicted molar refractivity (Wildman–Crippen MR) is 109 cm³/mol. The van der Waals surface area contributed by atoms with Gasteiger partial charge in [-0.15, -0.1) is 0 Å². The summed E-state index contributed by atoms with van der Waals surface area (Å²) in [4.78, 5) is 41.0. The van der Waals surface area contributed by atoms with E-state index in [4.69, 9.17) is 0 Å². The first-order chi connectivity index (χ1) is 14.2. The van der Waals surface area contributed by atoms with Crippen LogP contribution in [0.15, 0.2) is 48.8 Å². The largest absolute Gasteiger partial charge is 0.337 e. The van der Waals surface area contributed by atoms with Gasteiger partial charge in [-0.1, -0.05) is 18.2 Å². The number of aromatic nitrogens is 2. The van der Waals surface area contributed by atoms with Crippen molar-refractivity contribution in [2.45, 2.75) is 0 Å². The van der Waals surface area contributed by atoms with E-state index in [0.29, 0.717) is 32.7 Å². The summed E-state index contributed by atoms with van der Waals surface area (Å²) in [6.45, 7) is 6.39. The number of carbonyl (C=O) groups is 2. The van der Waals surface area contributed by atoms with Crippen LogP contribution in [-0.4, -0.2) is 90.5 Å². The summed E-state index contributed by atoms with van der Waals surface area (Å²) in [5, 5.41) is 0. The third-order valence-electron chi connectivity index (χ3n) is 5.65. The molecule has 0 bridgehead atoms. The first kappa shape index (κ1) is 19.3. The maximum absolute atomic E-state index is 12.7. The average Bonchev–Trinajstić information content (AvgIpc) is 2.80. The second-order valence-electron chi connectivity index (χ2n) is 7.50. The molecule has 2 aliphatic heterocycles. The van der Waals surface area contributed by atoms with Crippen LogP contribution in [0.2, 0.25) is 0 Å². The molecule has 4 rings (SSSR count). The highest BCUT2D eigenvalue weighted by Gasteiger charge is 2.29. The molecule has 29 heavy (non-hydrogen) atoms. The second kappa shape index (κ2) is 9.00. The van der Waals surface area contributed by atoms with E-state index in [9.17, 15) is 9.59 Å². The Morgan fingerprint density at radius 1 is 0.828 bits per heavy atom. The molecule has 0 radical (unpaired) electrons. The lowest BCUT2D eigenvalue weighted by atomic mass is 10.2. The monoisotopic (exact) mass is 395 g/mol. The fourth-order valence-electron chi connectivity index (χ4n) is 3.90. The van der Waals surface area contributed by atoms with Crippen LogP contribution < -0.4 is 9.80 Å². The van der Waals surface area contributed by atoms with E-state index in [-0.39, 0.29) is 11.8 Å². The fraction of sp³-hybridized carbons (Fsp3) is 0.429. The Bertz CT molecular complexity index is 816. The maximum atomic E-state index is 12.7. The van der Waals surface area contributed by atoms with Crippen molar-refractivity contribution in [2.24, 2.45) is 0 Å². The summed E-state index contributed by atoms with van der Waals surface area (Å²) in [6.07, 6.45) is 3.48. The smallest absolute Gasteiger partial charge is 0.277 e. The minimum absolute atomic E-state index is 0.0789. The zero-order valence-corrected chi connectivity index (χ0v) is 16.5. The number of quaternary nitrogens is 1. The highest BCUT2D eigenvalue weighted by molar-refractivity contribution is 5.94. The Morgan fingerprint density at radius 2 is 1.48 bits per heavy atom. The zero-order chi connectivity index (χ0) is 20.1. The molecule has 2 aliphatic rings. The normalized spacial score (nSPS) is 18.0. The maximum Gasteiger partial charge on any atom is 0.277 e. The Hall–Kier alpha value is -3.00. The molecule has 8 nitrogen and oxygen atoms in total. The topological polar surface area (TPSA) is 74.1 Å². The summed E-state index contributed by atoms with van der Waals surface area (Å²) in [6, 6.07) is 11.2. The van der Waals surface area contributed by atoms with Crippen molar-refractivity contribution in [3.63, 3.8) is 0 Å². The predicted octanol–water partition coefficient (Wildman–Crippen LogP) is -0.834. The number of nitrogens with one attached hydrogen (secondary N) is 1. The van der Waals surface area contributed by atoms with Crippen LogP contribution in [0.5, 0.6) is 0 Å². The Morgan fingerprint density at radius 3 is 2.14 bits per heavy atom. The van der Waals surface area contributed by atoms with Gasteiger partial charge in [-0.05, 0) is 18.2 Å². The molecular formula is C21H27N6O2+. The molecule has 1 aromatic carbocycles. The van der Waals surface area contributed by atoms with Gasteiger partial charge >= 0.3 is 0 Å². The number of anilines is 1. The quantitative estimate of drug-likeness (QED) is 0.731. The first-order valence-corrected chi connectivity index (χ1v) is 10.2.